The van der Waals surface area contributed by atoms with E-state index in [4.69, 9.17) is 4.42 Å². The fraction of sp³-hybridized carbons (Fsp3) is 0.0417. The third kappa shape index (κ3) is 1.68. The molecule has 0 fully saturated rings. The first-order valence-corrected chi connectivity index (χ1v) is 9.90. The fourth-order valence-electron chi connectivity index (χ4n) is 4.67. The van der Waals surface area contributed by atoms with Crippen LogP contribution in [-0.2, 0) is 6.42 Å². The van der Waals surface area contributed by atoms with Gasteiger partial charge in [-0.25, -0.2) is 0 Å². The van der Waals surface area contributed by atoms with Crippen molar-refractivity contribution in [3.63, 3.8) is 0 Å². The first-order valence-electron chi connectivity index (χ1n) is 9.09. The Bertz CT molecular complexity index is 1550. The van der Waals surface area contributed by atoms with Crippen LogP contribution in [0.2, 0.25) is 0 Å². The van der Waals surface area contributed by atoms with Crippen LogP contribution in [0.4, 0.5) is 0 Å². The molecule has 3 heteroatoms. The van der Waals surface area contributed by atoms with E-state index in [0.29, 0.717) is 0 Å². The third-order valence-corrected chi connectivity index (χ3v) is 7.04. The number of rotatable bonds is 0. The number of thiophene rings is 1. The van der Waals surface area contributed by atoms with Gasteiger partial charge in [0.2, 0.25) is 0 Å². The smallest absolute Gasteiger partial charge is 0.152 e. The van der Waals surface area contributed by atoms with E-state index in [2.05, 4.69) is 53.5 Å². The minimum Gasteiger partial charge on any atom is -0.462 e. The molecule has 0 amide bonds. The Balaban J connectivity index is 1.67. The van der Waals surface area contributed by atoms with Gasteiger partial charge in [0.25, 0.3) is 0 Å². The van der Waals surface area contributed by atoms with Gasteiger partial charge in [-0.1, -0.05) is 36.4 Å². The summed E-state index contributed by atoms with van der Waals surface area (Å²) in [5.41, 5.74) is 2.74. The Kier molecular flexibility index (Phi) is 2.46. The van der Waals surface area contributed by atoms with Gasteiger partial charge in [0, 0.05) is 45.1 Å². The number of pyridine rings is 1. The van der Waals surface area contributed by atoms with Gasteiger partial charge in [-0.15, -0.1) is 11.3 Å². The first-order chi connectivity index (χ1) is 13.4. The molecule has 3 aromatic heterocycles. The van der Waals surface area contributed by atoms with Crippen molar-refractivity contribution in [2.24, 2.45) is 0 Å². The molecule has 0 saturated carbocycles. The molecule has 0 aliphatic heterocycles. The molecule has 0 bridgehead atoms. The molecule has 0 spiro atoms. The second-order valence-corrected chi connectivity index (χ2v) is 8.28. The van der Waals surface area contributed by atoms with Gasteiger partial charge in [-0.2, -0.15) is 0 Å². The summed E-state index contributed by atoms with van der Waals surface area (Å²) in [5.74, 6) is 1.03. The largest absolute Gasteiger partial charge is 0.462 e. The molecular weight excluding hydrogens is 350 g/mol. The van der Waals surface area contributed by atoms with Gasteiger partial charge in [0.1, 0.15) is 0 Å². The van der Waals surface area contributed by atoms with Crippen molar-refractivity contribution in [3.05, 3.63) is 78.3 Å². The molecule has 3 aromatic carbocycles. The molecule has 6 aromatic rings. The van der Waals surface area contributed by atoms with E-state index in [1.807, 2.05) is 30.0 Å². The predicted octanol–water partition coefficient (Wildman–Crippen LogP) is 6.92. The van der Waals surface area contributed by atoms with Crippen LogP contribution in [0.3, 0.4) is 0 Å². The molecule has 126 valence electrons. The highest BCUT2D eigenvalue weighted by Crippen LogP contribution is 2.50. The summed E-state index contributed by atoms with van der Waals surface area (Å²) in [6.45, 7) is 0. The average molecular weight is 363 g/mol. The van der Waals surface area contributed by atoms with Crippen molar-refractivity contribution >= 4 is 53.7 Å². The second kappa shape index (κ2) is 4.76. The molecule has 2 nitrogen and oxygen atoms in total. The molecule has 0 saturated heterocycles. The molecule has 0 unspecified atom stereocenters. The van der Waals surface area contributed by atoms with Crippen molar-refractivity contribution in [3.8, 4) is 10.6 Å². The Morgan fingerprint density at radius 3 is 2.85 bits per heavy atom. The molecule has 3 heterocycles. The van der Waals surface area contributed by atoms with Gasteiger partial charge >= 0.3 is 0 Å². The van der Waals surface area contributed by atoms with Crippen molar-refractivity contribution in [1.29, 1.82) is 0 Å². The number of aromatic nitrogens is 1. The minimum absolute atomic E-state index is 0.942. The fourth-order valence-corrected chi connectivity index (χ4v) is 5.91. The summed E-state index contributed by atoms with van der Waals surface area (Å²) >= 11 is 1.84. The van der Waals surface area contributed by atoms with Crippen molar-refractivity contribution in [2.45, 2.75) is 6.42 Å². The molecule has 1 aliphatic rings. The Morgan fingerprint density at radius 1 is 0.889 bits per heavy atom. The van der Waals surface area contributed by atoms with Crippen LogP contribution in [0.25, 0.3) is 53.0 Å². The minimum atomic E-state index is 0.942. The van der Waals surface area contributed by atoms with Crippen molar-refractivity contribution < 1.29 is 4.42 Å². The highest BCUT2D eigenvalue weighted by Gasteiger charge is 2.27. The lowest BCUT2D eigenvalue weighted by atomic mass is 9.88. The molecule has 0 N–H and O–H groups in total. The van der Waals surface area contributed by atoms with Crippen LogP contribution in [0.5, 0.6) is 0 Å². The Hall–Kier alpha value is -3.17. The standard InChI is InChI=1S/C24H13NOS/c1-2-4-16-14(3-1)9-15-10-17-22-18-11-25-8-7-13(18)5-6-20(22)27-24(17)23-21(15)19(16)12-26-23/h1-9,11-12H,10H2. The lowest BCUT2D eigenvalue weighted by Crippen LogP contribution is -1.97. The summed E-state index contributed by atoms with van der Waals surface area (Å²) in [6.07, 6.45) is 6.75. The number of nitrogens with zero attached hydrogens (tertiary/aromatic N) is 1. The maximum atomic E-state index is 6.17. The topological polar surface area (TPSA) is 26.0 Å². The van der Waals surface area contributed by atoms with E-state index in [1.165, 1.54) is 58.4 Å². The summed E-state index contributed by atoms with van der Waals surface area (Å²) in [4.78, 5) is 5.66. The van der Waals surface area contributed by atoms with Crippen LogP contribution in [0.1, 0.15) is 11.1 Å². The monoisotopic (exact) mass is 363 g/mol. The van der Waals surface area contributed by atoms with Gasteiger partial charge in [0.05, 0.1) is 11.1 Å². The van der Waals surface area contributed by atoms with Gasteiger partial charge in [0.15, 0.2) is 5.76 Å². The molecule has 0 atom stereocenters. The number of hydrogen-bond donors (Lipinski definition) is 0. The number of fused-ring (bicyclic) bond motifs is 8. The van der Waals surface area contributed by atoms with E-state index in [1.54, 1.807) is 0 Å². The van der Waals surface area contributed by atoms with Crippen LogP contribution in [0, 0.1) is 0 Å². The van der Waals surface area contributed by atoms with E-state index < -0.39 is 0 Å². The molecule has 0 radical (unpaired) electrons. The van der Waals surface area contributed by atoms with Gasteiger partial charge < -0.3 is 4.42 Å². The number of benzene rings is 3. The van der Waals surface area contributed by atoms with Gasteiger partial charge in [-0.3, -0.25) is 4.98 Å². The van der Waals surface area contributed by atoms with E-state index in [9.17, 15) is 0 Å². The molecule has 1 aliphatic carbocycles. The maximum absolute atomic E-state index is 6.17. The zero-order valence-corrected chi connectivity index (χ0v) is 15.1. The number of hydrogen-bond acceptors (Lipinski definition) is 3. The predicted molar refractivity (Wildman–Crippen MR) is 113 cm³/mol. The zero-order chi connectivity index (χ0) is 17.5. The lowest BCUT2D eigenvalue weighted by Gasteiger charge is -2.14. The van der Waals surface area contributed by atoms with E-state index in [0.717, 1.165) is 12.2 Å². The maximum Gasteiger partial charge on any atom is 0.152 e. The summed E-state index contributed by atoms with van der Waals surface area (Å²) < 4.78 is 7.48. The van der Waals surface area contributed by atoms with Crippen LogP contribution in [0.15, 0.2) is 71.6 Å². The van der Waals surface area contributed by atoms with E-state index >= 15 is 0 Å². The van der Waals surface area contributed by atoms with E-state index in [-0.39, 0.29) is 0 Å². The highest BCUT2D eigenvalue weighted by molar-refractivity contribution is 7.22. The Morgan fingerprint density at radius 2 is 1.85 bits per heavy atom. The quantitative estimate of drug-likeness (QED) is 0.292. The zero-order valence-electron chi connectivity index (χ0n) is 14.3. The normalized spacial score (nSPS) is 13.0. The van der Waals surface area contributed by atoms with Crippen LogP contribution in [-0.4, -0.2) is 4.98 Å². The number of furan rings is 1. The highest BCUT2D eigenvalue weighted by atomic mass is 32.1. The summed E-state index contributed by atoms with van der Waals surface area (Å²) in [5, 5.41) is 8.88. The van der Waals surface area contributed by atoms with Crippen molar-refractivity contribution in [2.75, 3.05) is 0 Å². The first kappa shape index (κ1) is 14.0. The molecule has 7 rings (SSSR count). The summed E-state index contributed by atoms with van der Waals surface area (Å²) in [6, 6.07) is 17.5. The van der Waals surface area contributed by atoms with Gasteiger partial charge in [-0.05, 0) is 39.4 Å². The second-order valence-electron chi connectivity index (χ2n) is 7.23. The third-order valence-electron chi connectivity index (χ3n) is 5.84. The Labute approximate surface area is 158 Å². The lowest BCUT2D eigenvalue weighted by molar-refractivity contribution is 0.587. The van der Waals surface area contributed by atoms with Crippen molar-refractivity contribution in [1.82, 2.24) is 4.98 Å². The van der Waals surface area contributed by atoms with Crippen LogP contribution < -0.4 is 0 Å². The molecule has 27 heavy (non-hydrogen) atoms. The summed E-state index contributed by atoms with van der Waals surface area (Å²) in [7, 11) is 0. The average Bonchev–Trinajstić information content (AvgIpc) is 3.31. The van der Waals surface area contributed by atoms with Crippen LogP contribution >= 0.6 is 11.3 Å². The molecular formula is C24H13NOS. The SMILES string of the molecule is c1ccc2c(c1)cc1c3c(occ32)-c2sc3ccc4ccncc4c3c2C1.